The van der Waals surface area contributed by atoms with E-state index in [1.165, 1.54) is 30.8 Å². The fraction of sp³-hybridized carbons (Fsp3) is 0.615. The summed E-state index contributed by atoms with van der Waals surface area (Å²) in [5.41, 5.74) is 2.42. The Morgan fingerprint density at radius 1 is 1.50 bits per heavy atom. The summed E-state index contributed by atoms with van der Waals surface area (Å²) in [4.78, 5) is 6.96. The molecule has 1 unspecified atom stereocenters. The van der Waals surface area contributed by atoms with Crippen LogP contribution in [0.4, 0.5) is 0 Å². The molecule has 16 heavy (non-hydrogen) atoms. The van der Waals surface area contributed by atoms with Crippen LogP contribution >= 0.6 is 0 Å². The number of pyridine rings is 1. The van der Waals surface area contributed by atoms with Gasteiger partial charge in [0.05, 0.1) is 5.69 Å². The minimum absolute atomic E-state index is 0.815. The van der Waals surface area contributed by atoms with Crippen LogP contribution in [0.2, 0.25) is 0 Å². The topological polar surface area (TPSA) is 28.2 Å². The summed E-state index contributed by atoms with van der Waals surface area (Å²) in [5, 5.41) is 3.26. The molecule has 0 saturated carbocycles. The minimum Gasteiger partial charge on any atom is -0.319 e. The minimum atomic E-state index is 0.815. The van der Waals surface area contributed by atoms with Crippen LogP contribution in [0, 0.1) is 12.8 Å². The average molecular weight is 219 g/mol. The SMILES string of the molecule is CNCC1CCN(Cc2ccc(C)cn2)C1. The largest absolute Gasteiger partial charge is 0.319 e. The van der Waals surface area contributed by atoms with Crippen LogP contribution < -0.4 is 5.32 Å². The highest BCUT2D eigenvalue weighted by molar-refractivity contribution is 5.12. The fourth-order valence-electron chi connectivity index (χ4n) is 2.33. The zero-order valence-electron chi connectivity index (χ0n) is 10.2. The highest BCUT2D eigenvalue weighted by Gasteiger charge is 2.21. The van der Waals surface area contributed by atoms with Crippen LogP contribution in [0.3, 0.4) is 0 Å². The third kappa shape index (κ3) is 3.03. The molecule has 2 heterocycles. The molecule has 88 valence electrons. The van der Waals surface area contributed by atoms with Gasteiger partial charge < -0.3 is 5.32 Å². The van der Waals surface area contributed by atoms with Crippen molar-refractivity contribution >= 4 is 0 Å². The lowest BCUT2D eigenvalue weighted by molar-refractivity contribution is 0.311. The summed E-state index contributed by atoms with van der Waals surface area (Å²) >= 11 is 0. The Labute approximate surface area is 97.9 Å². The Morgan fingerprint density at radius 3 is 3.06 bits per heavy atom. The van der Waals surface area contributed by atoms with Crippen molar-refractivity contribution in [2.75, 3.05) is 26.7 Å². The predicted molar refractivity (Wildman–Crippen MR) is 66.3 cm³/mol. The van der Waals surface area contributed by atoms with E-state index in [1.54, 1.807) is 0 Å². The quantitative estimate of drug-likeness (QED) is 0.830. The van der Waals surface area contributed by atoms with Crippen LogP contribution in [0.15, 0.2) is 18.3 Å². The van der Waals surface area contributed by atoms with Crippen LogP contribution in [0.1, 0.15) is 17.7 Å². The van der Waals surface area contributed by atoms with E-state index in [-0.39, 0.29) is 0 Å². The molecule has 0 spiro atoms. The lowest BCUT2D eigenvalue weighted by Crippen LogP contribution is -2.24. The summed E-state index contributed by atoms with van der Waals surface area (Å²) in [6.45, 7) is 6.63. The van der Waals surface area contributed by atoms with Gasteiger partial charge in [0, 0.05) is 19.3 Å². The van der Waals surface area contributed by atoms with Crippen molar-refractivity contribution in [3.8, 4) is 0 Å². The van der Waals surface area contributed by atoms with Crippen molar-refractivity contribution in [2.24, 2.45) is 5.92 Å². The summed E-state index contributed by atoms with van der Waals surface area (Å²) in [6.07, 6.45) is 3.27. The summed E-state index contributed by atoms with van der Waals surface area (Å²) in [7, 11) is 2.03. The third-order valence-electron chi connectivity index (χ3n) is 3.22. The summed E-state index contributed by atoms with van der Waals surface area (Å²) < 4.78 is 0. The van der Waals surface area contributed by atoms with Gasteiger partial charge in [-0.15, -0.1) is 0 Å². The number of rotatable bonds is 4. The van der Waals surface area contributed by atoms with Crippen molar-refractivity contribution < 1.29 is 0 Å². The smallest absolute Gasteiger partial charge is 0.0544 e. The zero-order valence-corrected chi connectivity index (χ0v) is 10.2. The Morgan fingerprint density at radius 2 is 2.38 bits per heavy atom. The highest BCUT2D eigenvalue weighted by Crippen LogP contribution is 2.17. The number of nitrogens with one attached hydrogen (secondary N) is 1. The molecular weight excluding hydrogens is 198 g/mol. The van der Waals surface area contributed by atoms with Crippen molar-refractivity contribution in [2.45, 2.75) is 19.9 Å². The van der Waals surface area contributed by atoms with Gasteiger partial charge in [-0.3, -0.25) is 9.88 Å². The second-order valence-corrected chi connectivity index (χ2v) is 4.77. The summed E-state index contributed by atoms with van der Waals surface area (Å²) in [6, 6.07) is 4.28. The molecule has 1 fully saturated rings. The first kappa shape index (κ1) is 11.6. The van der Waals surface area contributed by atoms with Crippen LogP contribution in [0.25, 0.3) is 0 Å². The van der Waals surface area contributed by atoms with E-state index in [1.807, 2.05) is 13.2 Å². The highest BCUT2D eigenvalue weighted by atomic mass is 15.2. The molecule has 1 saturated heterocycles. The number of likely N-dealkylation sites (tertiary alicyclic amines) is 1. The number of aryl methyl sites for hydroxylation is 1. The zero-order chi connectivity index (χ0) is 11.4. The molecule has 0 aliphatic carbocycles. The van der Waals surface area contributed by atoms with Gasteiger partial charge in [-0.05, 0) is 51.0 Å². The molecule has 0 bridgehead atoms. The standard InChI is InChI=1S/C13H21N3/c1-11-3-4-13(15-7-11)10-16-6-5-12(9-16)8-14-2/h3-4,7,12,14H,5-6,8-10H2,1-2H3. The number of aromatic nitrogens is 1. The van der Waals surface area contributed by atoms with Crippen molar-refractivity contribution in [3.05, 3.63) is 29.6 Å². The van der Waals surface area contributed by atoms with Gasteiger partial charge in [0.1, 0.15) is 0 Å². The maximum atomic E-state index is 4.46. The maximum absolute atomic E-state index is 4.46. The molecule has 3 heteroatoms. The van der Waals surface area contributed by atoms with Gasteiger partial charge in [0.25, 0.3) is 0 Å². The Hall–Kier alpha value is -0.930. The molecule has 1 aliphatic heterocycles. The molecule has 1 aromatic rings. The van der Waals surface area contributed by atoms with Gasteiger partial charge in [-0.2, -0.15) is 0 Å². The van der Waals surface area contributed by atoms with E-state index in [0.717, 1.165) is 19.0 Å². The van der Waals surface area contributed by atoms with Gasteiger partial charge >= 0.3 is 0 Å². The molecule has 1 aromatic heterocycles. The van der Waals surface area contributed by atoms with Gasteiger partial charge in [0.15, 0.2) is 0 Å². The molecule has 1 aliphatic rings. The third-order valence-corrected chi connectivity index (χ3v) is 3.22. The molecule has 1 N–H and O–H groups in total. The van der Waals surface area contributed by atoms with Crippen LogP contribution in [-0.2, 0) is 6.54 Å². The second kappa shape index (κ2) is 5.41. The molecule has 0 amide bonds. The van der Waals surface area contributed by atoms with E-state index in [0.29, 0.717) is 0 Å². The van der Waals surface area contributed by atoms with Crippen molar-refractivity contribution in [1.29, 1.82) is 0 Å². The van der Waals surface area contributed by atoms with Gasteiger partial charge in [-0.25, -0.2) is 0 Å². The van der Waals surface area contributed by atoms with Crippen LogP contribution in [-0.4, -0.2) is 36.6 Å². The van der Waals surface area contributed by atoms with Gasteiger partial charge in [0.2, 0.25) is 0 Å². The molecule has 3 nitrogen and oxygen atoms in total. The van der Waals surface area contributed by atoms with E-state index in [4.69, 9.17) is 0 Å². The van der Waals surface area contributed by atoms with Crippen molar-refractivity contribution in [1.82, 2.24) is 15.2 Å². The molecule has 1 atom stereocenters. The lowest BCUT2D eigenvalue weighted by atomic mass is 10.1. The van der Waals surface area contributed by atoms with Gasteiger partial charge in [-0.1, -0.05) is 6.07 Å². The number of nitrogens with zero attached hydrogens (tertiary/aromatic N) is 2. The second-order valence-electron chi connectivity index (χ2n) is 4.77. The summed E-state index contributed by atoms with van der Waals surface area (Å²) in [5.74, 6) is 0.815. The fourth-order valence-corrected chi connectivity index (χ4v) is 2.33. The van der Waals surface area contributed by atoms with E-state index >= 15 is 0 Å². The normalized spacial score (nSPS) is 21.5. The first-order valence-corrected chi connectivity index (χ1v) is 6.06. The Bertz CT molecular complexity index is 320. The van der Waals surface area contributed by atoms with Crippen molar-refractivity contribution in [3.63, 3.8) is 0 Å². The first-order valence-electron chi connectivity index (χ1n) is 6.06. The number of hydrogen-bond acceptors (Lipinski definition) is 3. The Kier molecular flexibility index (Phi) is 3.91. The van der Waals surface area contributed by atoms with E-state index < -0.39 is 0 Å². The van der Waals surface area contributed by atoms with E-state index in [9.17, 15) is 0 Å². The molecular formula is C13H21N3. The van der Waals surface area contributed by atoms with E-state index in [2.05, 4.69) is 34.3 Å². The Balaban J connectivity index is 1.84. The predicted octanol–water partition coefficient (Wildman–Crippen LogP) is 1.43. The first-order chi connectivity index (χ1) is 7.78. The molecule has 2 rings (SSSR count). The lowest BCUT2D eigenvalue weighted by Gasteiger charge is -2.15. The average Bonchev–Trinajstić information content (AvgIpc) is 2.70. The monoisotopic (exact) mass is 219 g/mol. The molecule has 0 aromatic carbocycles. The number of hydrogen-bond donors (Lipinski definition) is 1. The molecule has 0 radical (unpaired) electrons. The maximum Gasteiger partial charge on any atom is 0.0544 e. The van der Waals surface area contributed by atoms with Crippen LogP contribution in [0.5, 0.6) is 0 Å².